The standard InChI is InChI=1S/C19H23N5O2/c1-15-6-18(22-26-15)10-23-8-16(9-24-14-20-7-19(24)11-23)12-25-13-17-4-2-3-5-21-17/h2-7,14,16H,8-13H2,1H3. The second-order valence-electron chi connectivity index (χ2n) is 6.84. The maximum atomic E-state index is 5.95. The van der Waals surface area contributed by atoms with E-state index in [1.165, 1.54) is 5.69 Å². The Labute approximate surface area is 152 Å². The topological polar surface area (TPSA) is 69.2 Å². The summed E-state index contributed by atoms with van der Waals surface area (Å²) in [7, 11) is 0. The van der Waals surface area contributed by atoms with Crippen LogP contribution in [0, 0.1) is 12.8 Å². The van der Waals surface area contributed by atoms with Gasteiger partial charge < -0.3 is 13.8 Å². The molecule has 3 aromatic heterocycles. The molecule has 3 aromatic rings. The number of nitrogens with zero attached hydrogens (tertiary/aromatic N) is 5. The SMILES string of the molecule is Cc1cc(CN2Cc3cncn3CC(COCc3ccccn3)C2)no1. The zero-order chi connectivity index (χ0) is 17.8. The molecular weight excluding hydrogens is 330 g/mol. The van der Waals surface area contributed by atoms with Crippen molar-refractivity contribution in [1.29, 1.82) is 0 Å². The van der Waals surface area contributed by atoms with Gasteiger partial charge in [-0.3, -0.25) is 9.88 Å². The lowest BCUT2D eigenvalue weighted by Gasteiger charge is -2.22. The molecule has 0 radical (unpaired) electrons. The quantitative estimate of drug-likeness (QED) is 0.678. The lowest BCUT2D eigenvalue weighted by molar-refractivity contribution is 0.0645. The largest absolute Gasteiger partial charge is 0.375 e. The molecular formula is C19H23N5O2. The highest BCUT2D eigenvalue weighted by Crippen LogP contribution is 2.19. The van der Waals surface area contributed by atoms with E-state index in [4.69, 9.17) is 9.26 Å². The van der Waals surface area contributed by atoms with E-state index in [1.54, 1.807) is 6.20 Å². The van der Waals surface area contributed by atoms with Crippen LogP contribution in [0.3, 0.4) is 0 Å². The molecule has 0 aromatic carbocycles. The predicted octanol–water partition coefficient (Wildman–Crippen LogP) is 2.42. The first-order valence-corrected chi connectivity index (χ1v) is 8.87. The summed E-state index contributed by atoms with van der Waals surface area (Å²) in [6.45, 7) is 6.60. The molecule has 1 unspecified atom stereocenters. The lowest BCUT2D eigenvalue weighted by Crippen LogP contribution is -2.30. The zero-order valence-electron chi connectivity index (χ0n) is 14.9. The number of hydrogen-bond donors (Lipinski definition) is 0. The molecule has 0 amide bonds. The highest BCUT2D eigenvalue weighted by Gasteiger charge is 2.23. The lowest BCUT2D eigenvalue weighted by atomic mass is 10.1. The molecule has 0 bridgehead atoms. The number of aryl methyl sites for hydroxylation is 1. The number of pyridine rings is 1. The van der Waals surface area contributed by atoms with Crippen LogP contribution in [0.4, 0.5) is 0 Å². The number of fused-ring (bicyclic) bond motifs is 1. The molecule has 26 heavy (non-hydrogen) atoms. The maximum absolute atomic E-state index is 5.95. The third kappa shape index (κ3) is 4.17. The van der Waals surface area contributed by atoms with Gasteiger partial charge in [0.2, 0.25) is 0 Å². The summed E-state index contributed by atoms with van der Waals surface area (Å²) in [4.78, 5) is 11.0. The van der Waals surface area contributed by atoms with E-state index in [0.717, 1.165) is 43.3 Å². The van der Waals surface area contributed by atoms with Crippen LogP contribution in [0.15, 0.2) is 47.5 Å². The predicted molar refractivity (Wildman–Crippen MR) is 95.0 cm³/mol. The van der Waals surface area contributed by atoms with Crippen LogP contribution in [0.5, 0.6) is 0 Å². The normalized spacial score (nSPS) is 17.8. The first-order valence-electron chi connectivity index (χ1n) is 8.87. The Morgan fingerprint density at radius 1 is 1.27 bits per heavy atom. The molecule has 7 heteroatoms. The summed E-state index contributed by atoms with van der Waals surface area (Å²) in [5.74, 6) is 1.22. The van der Waals surface area contributed by atoms with Crippen LogP contribution in [-0.4, -0.2) is 37.7 Å². The van der Waals surface area contributed by atoms with E-state index >= 15 is 0 Å². The van der Waals surface area contributed by atoms with Crippen molar-refractivity contribution < 1.29 is 9.26 Å². The van der Waals surface area contributed by atoms with Gasteiger partial charge in [0.05, 0.1) is 36.6 Å². The molecule has 0 aliphatic carbocycles. The molecule has 136 valence electrons. The summed E-state index contributed by atoms with van der Waals surface area (Å²) in [5.41, 5.74) is 3.14. The van der Waals surface area contributed by atoms with E-state index < -0.39 is 0 Å². The van der Waals surface area contributed by atoms with E-state index in [2.05, 4.69) is 24.6 Å². The minimum absolute atomic E-state index is 0.377. The van der Waals surface area contributed by atoms with Gasteiger partial charge in [-0.15, -0.1) is 0 Å². The summed E-state index contributed by atoms with van der Waals surface area (Å²) in [6.07, 6.45) is 5.65. The molecule has 1 aliphatic rings. The number of imidazole rings is 1. The fourth-order valence-corrected chi connectivity index (χ4v) is 3.40. The second-order valence-corrected chi connectivity index (χ2v) is 6.84. The Bertz CT molecular complexity index is 829. The fourth-order valence-electron chi connectivity index (χ4n) is 3.40. The maximum Gasteiger partial charge on any atom is 0.133 e. The molecule has 0 saturated heterocycles. The fraction of sp³-hybridized carbons (Fsp3) is 0.421. The van der Waals surface area contributed by atoms with Gasteiger partial charge in [-0.25, -0.2) is 4.98 Å². The van der Waals surface area contributed by atoms with Crippen molar-refractivity contribution in [2.75, 3.05) is 13.2 Å². The van der Waals surface area contributed by atoms with Crippen LogP contribution in [0.2, 0.25) is 0 Å². The molecule has 0 fully saturated rings. The van der Waals surface area contributed by atoms with E-state index in [-0.39, 0.29) is 0 Å². The third-order valence-electron chi connectivity index (χ3n) is 4.55. The van der Waals surface area contributed by atoms with Gasteiger partial charge in [-0.05, 0) is 19.1 Å². The Morgan fingerprint density at radius 2 is 2.23 bits per heavy atom. The Hall–Kier alpha value is -2.51. The van der Waals surface area contributed by atoms with Gasteiger partial charge in [0.1, 0.15) is 5.76 Å². The molecule has 1 atom stereocenters. The molecule has 0 spiro atoms. The average Bonchev–Trinajstić information content (AvgIpc) is 3.21. The van der Waals surface area contributed by atoms with Crippen LogP contribution in [-0.2, 0) is 31.0 Å². The second kappa shape index (κ2) is 7.80. The Morgan fingerprint density at radius 3 is 3.04 bits per heavy atom. The minimum atomic E-state index is 0.377. The van der Waals surface area contributed by atoms with Gasteiger partial charge in [0, 0.05) is 50.6 Å². The number of hydrogen-bond acceptors (Lipinski definition) is 6. The van der Waals surface area contributed by atoms with Crippen LogP contribution < -0.4 is 0 Å². The Kier molecular flexibility index (Phi) is 5.08. The molecule has 4 heterocycles. The number of ether oxygens (including phenoxy) is 1. The third-order valence-corrected chi connectivity index (χ3v) is 4.55. The van der Waals surface area contributed by atoms with Crippen molar-refractivity contribution in [3.05, 3.63) is 65.8 Å². The van der Waals surface area contributed by atoms with Crippen molar-refractivity contribution in [3.63, 3.8) is 0 Å². The average molecular weight is 353 g/mol. The van der Waals surface area contributed by atoms with E-state index in [9.17, 15) is 0 Å². The van der Waals surface area contributed by atoms with Gasteiger partial charge in [0.25, 0.3) is 0 Å². The summed E-state index contributed by atoms with van der Waals surface area (Å²) in [6, 6.07) is 7.88. The van der Waals surface area contributed by atoms with Gasteiger partial charge in [0.15, 0.2) is 0 Å². The van der Waals surface area contributed by atoms with E-state index in [1.807, 2.05) is 43.7 Å². The zero-order valence-corrected chi connectivity index (χ0v) is 14.9. The van der Waals surface area contributed by atoms with Crippen LogP contribution >= 0.6 is 0 Å². The smallest absolute Gasteiger partial charge is 0.133 e. The van der Waals surface area contributed by atoms with Crippen LogP contribution in [0.1, 0.15) is 22.8 Å². The first kappa shape index (κ1) is 16.9. The summed E-state index contributed by atoms with van der Waals surface area (Å²) >= 11 is 0. The summed E-state index contributed by atoms with van der Waals surface area (Å²) < 4.78 is 13.4. The number of rotatable bonds is 6. The summed E-state index contributed by atoms with van der Waals surface area (Å²) in [5, 5.41) is 4.13. The monoisotopic (exact) mass is 353 g/mol. The van der Waals surface area contributed by atoms with Gasteiger partial charge >= 0.3 is 0 Å². The van der Waals surface area contributed by atoms with Crippen molar-refractivity contribution in [2.24, 2.45) is 5.92 Å². The highest BCUT2D eigenvalue weighted by molar-refractivity contribution is 5.06. The van der Waals surface area contributed by atoms with Crippen molar-refractivity contribution in [2.45, 2.75) is 33.2 Å². The molecule has 1 aliphatic heterocycles. The molecule has 7 nitrogen and oxygen atoms in total. The van der Waals surface area contributed by atoms with Crippen molar-refractivity contribution >= 4 is 0 Å². The molecule has 4 rings (SSSR count). The van der Waals surface area contributed by atoms with Crippen LogP contribution in [0.25, 0.3) is 0 Å². The first-order chi connectivity index (χ1) is 12.8. The van der Waals surface area contributed by atoms with E-state index in [0.29, 0.717) is 19.1 Å². The Balaban J connectivity index is 1.40. The van der Waals surface area contributed by atoms with Gasteiger partial charge in [-0.1, -0.05) is 11.2 Å². The van der Waals surface area contributed by atoms with Gasteiger partial charge in [-0.2, -0.15) is 0 Å². The van der Waals surface area contributed by atoms with Crippen molar-refractivity contribution in [1.82, 2.24) is 24.6 Å². The molecule has 0 N–H and O–H groups in total. The number of aromatic nitrogens is 4. The molecule has 0 saturated carbocycles. The van der Waals surface area contributed by atoms with Crippen molar-refractivity contribution in [3.8, 4) is 0 Å². The minimum Gasteiger partial charge on any atom is -0.375 e. The highest BCUT2D eigenvalue weighted by atomic mass is 16.5.